The summed E-state index contributed by atoms with van der Waals surface area (Å²) in [6, 6.07) is 0.914. The van der Waals surface area contributed by atoms with E-state index in [1.807, 2.05) is 11.8 Å². The van der Waals surface area contributed by atoms with E-state index in [0.717, 1.165) is 45.0 Å². The van der Waals surface area contributed by atoms with E-state index in [2.05, 4.69) is 41.4 Å². The number of hydrogen-bond acceptors (Lipinski definition) is 3. The Morgan fingerprint density at radius 2 is 2.13 bits per heavy atom. The van der Waals surface area contributed by atoms with Gasteiger partial charge in [-0.2, -0.15) is 0 Å². The van der Waals surface area contributed by atoms with Gasteiger partial charge in [0.05, 0.1) is 0 Å². The Morgan fingerprint density at radius 3 is 2.74 bits per heavy atom. The van der Waals surface area contributed by atoms with Crippen LogP contribution in [0.4, 0.5) is 0 Å². The maximum Gasteiger partial charge on any atom is 0.222 e. The molecule has 2 N–H and O–H groups in total. The van der Waals surface area contributed by atoms with Crippen LogP contribution in [0.2, 0.25) is 0 Å². The van der Waals surface area contributed by atoms with Crippen LogP contribution in [0, 0.1) is 0 Å². The van der Waals surface area contributed by atoms with Crippen molar-refractivity contribution in [1.82, 2.24) is 20.4 Å². The number of aliphatic imine (C=N–C) groups is 1. The Kier molecular flexibility index (Phi) is 8.99. The number of carbonyl (C=O) groups excluding carboxylic acids is 1. The predicted molar refractivity (Wildman–Crippen MR) is 96.8 cm³/mol. The van der Waals surface area contributed by atoms with E-state index in [4.69, 9.17) is 0 Å². The lowest BCUT2D eigenvalue weighted by molar-refractivity contribution is -0.129. The normalized spacial score (nSPS) is 18.8. The summed E-state index contributed by atoms with van der Waals surface area (Å²) < 4.78 is 0. The van der Waals surface area contributed by atoms with Crippen LogP contribution in [0.3, 0.4) is 0 Å². The van der Waals surface area contributed by atoms with Crippen LogP contribution in [0.5, 0.6) is 0 Å². The fourth-order valence-electron chi connectivity index (χ4n) is 2.67. The molecule has 0 aliphatic carbocycles. The number of hydrogen-bond donors (Lipinski definition) is 2. The molecule has 1 unspecified atom stereocenters. The molecule has 23 heavy (non-hydrogen) atoms. The zero-order valence-corrected chi connectivity index (χ0v) is 15.6. The second-order valence-electron chi connectivity index (χ2n) is 6.60. The molecule has 1 saturated heterocycles. The van der Waals surface area contributed by atoms with Crippen LogP contribution in [0.1, 0.15) is 46.5 Å². The molecule has 1 amide bonds. The molecule has 1 heterocycles. The van der Waals surface area contributed by atoms with Crippen LogP contribution in [0.15, 0.2) is 4.99 Å². The number of nitrogens with zero attached hydrogens (tertiary/aromatic N) is 3. The second kappa shape index (κ2) is 10.5. The molecule has 0 radical (unpaired) electrons. The summed E-state index contributed by atoms with van der Waals surface area (Å²) in [5.41, 5.74) is 0. The molecule has 6 heteroatoms. The Morgan fingerprint density at radius 1 is 1.39 bits per heavy atom. The Labute approximate surface area is 141 Å². The lowest BCUT2D eigenvalue weighted by Crippen LogP contribution is -2.45. The molecule has 1 rings (SSSR count). The average molecular weight is 326 g/mol. The van der Waals surface area contributed by atoms with Crippen molar-refractivity contribution in [2.75, 3.05) is 40.3 Å². The molecule has 1 atom stereocenters. The van der Waals surface area contributed by atoms with Crippen LogP contribution < -0.4 is 10.6 Å². The molecule has 134 valence electrons. The minimum atomic E-state index is 0.242. The highest BCUT2D eigenvalue weighted by atomic mass is 16.2. The smallest absolute Gasteiger partial charge is 0.222 e. The lowest BCUT2D eigenvalue weighted by Gasteiger charge is -2.21. The van der Waals surface area contributed by atoms with Gasteiger partial charge in [-0.1, -0.05) is 6.92 Å². The molecule has 0 spiro atoms. The van der Waals surface area contributed by atoms with Gasteiger partial charge in [0.25, 0.3) is 0 Å². The molecule has 1 fully saturated rings. The number of guanidine groups is 1. The van der Waals surface area contributed by atoms with Gasteiger partial charge in [0, 0.05) is 45.2 Å². The highest BCUT2D eigenvalue weighted by Gasteiger charge is 2.25. The van der Waals surface area contributed by atoms with Gasteiger partial charge in [-0.05, 0) is 46.7 Å². The van der Waals surface area contributed by atoms with Gasteiger partial charge in [-0.15, -0.1) is 0 Å². The Hall–Kier alpha value is -1.30. The van der Waals surface area contributed by atoms with E-state index in [1.165, 1.54) is 6.42 Å². The zero-order valence-electron chi connectivity index (χ0n) is 15.6. The Bertz CT molecular complexity index is 383. The minimum absolute atomic E-state index is 0.242. The van der Waals surface area contributed by atoms with Crippen molar-refractivity contribution in [3.05, 3.63) is 0 Å². The first kappa shape index (κ1) is 19.7. The van der Waals surface area contributed by atoms with E-state index in [9.17, 15) is 4.79 Å². The Balaban J connectivity index is 2.19. The van der Waals surface area contributed by atoms with Gasteiger partial charge < -0.3 is 20.4 Å². The zero-order chi connectivity index (χ0) is 17.2. The van der Waals surface area contributed by atoms with Crippen LogP contribution in [0.25, 0.3) is 0 Å². The summed E-state index contributed by atoms with van der Waals surface area (Å²) in [5, 5.41) is 6.80. The van der Waals surface area contributed by atoms with E-state index in [-0.39, 0.29) is 5.91 Å². The van der Waals surface area contributed by atoms with E-state index >= 15 is 0 Å². The third-order valence-corrected chi connectivity index (χ3v) is 4.52. The van der Waals surface area contributed by atoms with Gasteiger partial charge in [0.2, 0.25) is 5.91 Å². The predicted octanol–water partition coefficient (Wildman–Crippen LogP) is 1.28. The first-order chi connectivity index (χ1) is 11.0. The summed E-state index contributed by atoms with van der Waals surface area (Å²) in [4.78, 5) is 20.3. The molecular formula is C17H35N5O. The maximum atomic E-state index is 11.7. The first-order valence-electron chi connectivity index (χ1n) is 8.93. The molecule has 0 aromatic carbocycles. The largest absolute Gasteiger partial charge is 0.356 e. The summed E-state index contributed by atoms with van der Waals surface area (Å²) in [7, 11) is 3.97. The third-order valence-electron chi connectivity index (χ3n) is 4.52. The highest BCUT2D eigenvalue weighted by Crippen LogP contribution is 2.10. The highest BCUT2D eigenvalue weighted by molar-refractivity contribution is 5.80. The van der Waals surface area contributed by atoms with Crippen LogP contribution in [-0.2, 0) is 4.79 Å². The van der Waals surface area contributed by atoms with Crippen molar-refractivity contribution in [2.45, 2.75) is 58.5 Å². The van der Waals surface area contributed by atoms with Gasteiger partial charge in [-0.25, -0.2) is 0 Å². The van der Waals surface area contributed by atoms with E-state index < -0.39 is 0 Å². The van der Waals surface area contributed by atoms with Crippen molar-refractivity contribution < 1.29 is 4.79 Å². The summed E-state index contributed by atoms with van der Waals surface area (Å²) >= 11 is 0. The summed E-state index contributed by atoms with van der Waals surface area (Å²) in [6.45, 7) is 10.0. The molecule has 0 aromatic rings. The topological polar surface area (TPSA) is 60.0 Å². The average Bonchev–Trinajstić information content (AvgIpc) is 3.00. The van der Waals surface area contributed by atoms with E-state index in [0.29, 0.717) is 18.5 Å². The van der Waals surface area contributed by atoms with Gasteiger partial charge >= 0.3 is 0 Å². The fraction of sp³-hybridized carbons (Fsp3) is 0.882. The standard InChI is InChI=1S/C17H35N5O/c1-6-16(23)22-12-9-15(13-22)20-17(18-4)19-10-7-8-11-21(5)14(2)3/h14-15H,6-13H2,1-5H3,(H2,18,19,20). The van der Waals surface area contributed by atoms with Crippen molar-refractivity contribution in [3.63, 3.8) is 0 Å². The molecule has 0 saturated carbocycles. The van der Waals surface area contributed by atoms with Crippen molar-refractivity contribution in [3.8, 4) is 0 Å². The number of nitrogens with one attached hydrogen (secondary N) is 2. The lowest BCUT2D eigenvalue weighted by atomic mass is 10.2. The molecule has 0 bridgehead atoms. The molecule has 1 aliphatic rings. The van der Waals surface area contributed by atoms with Crippen LogP contribution >= 0.6 is 0 Å². The maximum absolute atomic E-state index is 11.7. The van der Waals surface area contributed by atoms with Gasteiger partial charge in [0.1, 0.15) is 0 Å². The molecule has 1 aliphatic heterocycles. The first-order valence-corrected chi connectivity index (χ1v) is 8.93. The molecule has 6 nitrogen and oxygen atoms in total. The van der Waals surface area contributed by atoms with Crippen LogP contribution in [-0.4, -0.2) is 74.0 Å². The number of likely N-dealkylation sites (tertiary alicyclic amines) is 1. The monoisotopic (exact) mass is 325 g/mol. The number of rotatable bonds is 8. The quantitative estimate of drug-likeness (QED) is 0.401. The number of carbonyl (C=O) groups is 1. The van der Waals surface area contributed by atoms with Crippen molar-refractivity contribution >= 4 is 11.9 Å². The molecular weight excluding hydrogens is 290 g/mol. The van der Waals surface area contributed by atoms with Gasteiger partial charge in [-0.3, -0.25) is 9.79 Å². The third kappa shape index (κ3) is 7.20. The van der Waals surface area contributed by atoms with E-state index in [1.54, 1.807) is 7.05 Å². The van der Waals surface area contributed by atoms with Crippen molar-refractivity contribution in [2.24, 2.45) is 4.99 Å². The molecule has 0 aromatic heterocycles. The summed E-state index contributed by atoms with van der Waals surface area (Å²) in [5.74, 6) is 1.09. The number of unbranched alkanes of at least 4 members (excludes halogenated alkanes) is 1. The summed E-state index contributed by atoms with van der Waals surface area (Å²) in [6.07, 6.45) is 3.89. The van der Waals surface area contributed by atoms with Gasteiger partial charge in [0.15, 0.2) is 5.96 Å². The number of amides is 1. The minimum Gasteiger partial charge on any atom is -0.356 e. The van der Waals surface area contributed by atoms with Crippen molar-refractivity contribution in [1.29, 1.82) is 0 Å². The second-order valence-corrected chi connectivity index (χ2v) is 6.60. The fourth-order valence-corrected chi connectivity index (χ4v) is 2.67. The SMILES string of the molecule is CCC(=O)N1CCC(NC(=NC)NCCCCN(C)C(C)C)C1.